The molecule has 3 nitrogen and oxygen atoms in total. The number of rotatable bonds is 4. The van der Waals surface area contributed by atoms with Crippen molar-refractivity contribution >= 4 is 5.78 Å². The maximum absolute atomic E-state index is 13.9. The molecule has 0 spiro atoms. The lowest BCUT2D eigenvalue weighted by Gasteiger charge is -2.09. The van der Waals surface area contributed by atoms with Gasteiger partial charge in [-0.2, -0.15) is 5.26 Å². The Morgan fingerprint density at radius 3 is 2.48 bits per heavy atom. The van der Waals surface area contributed by atoms with E-state index in [2.05, 4.69) is 0 Å². The van der Waals surface area contributed by atoms with Crippen molar-refractivity contribution in [3.63, 3.8) is 0 Å². The molecule has 0 aliphatic carbocycles. The fourth-order valence-corrected chi connectivity index (χ4v) is 2.70. The van der Waals surface area contributed by atoms with E-state index in [-0.39, 0.29) is 11.1 Å². The molecule has 3 rings (SSSR count). The van der Waals surface area contributed by atoms with Crippen molar-refractivity contribution in [3.8, 4) is 22.9 Å². The summed E-state index contributed by atoms with van der Waals surface area (Å²) in [7, 11) is 0. The summed E-state index contributed by atoms with van der Waals surface area (Å²) in [6.45, 7) is 0. The third kappa shape index (κ3) is 3.82. The van der Waals surface area contributed by atoms with E-state index in [0.717, 1.165) is 12.1 Å². The fraction of sp³-hybridized carbons (Fsp3) is 0.0476. The summed E-state index contributed by atoms with van der Waals surface area (Å²) in [5.41, 5.74) is 0.520. The number of carbonyl (C=O) groups excluding carboxylic acids is 1. The molecule has 6 heteroatoms. The minimum absolute atomic E-state index is 0.0513. The lowest BCUT2D eigenvalue weighted by atomic mass is 9.95. The lowest BCUT2D eigenvalue weighted by molar-refractivity contribution is 0.0990. The van der Waals surface area contributed by atoms with Crippen LogP contribution < -0.4 is 0 Å². The topological polar surface area (TPSA) is 61.1 Å². The van der Waals surface area contributed by atoms with Crippen LogP contribution in [0.15, 0.2) is 54.6 Å². The highest BCUT2D eigenvalue weighted by Crippen LogP contribution is 2.26. The first kappa shape index (κ1) is 18.2. The van der Waals surface area contributed by atoms with Gasteiger partial charge in [0.05, 0.1) is 11.6 Å². The van der Waals surface area contributed by atoms with Crippen molar-refractivity contribution in [3.05, 3.63) is 88.7 Å². The smallest absolute Gasteiger partial charge is 0.171 e. The van der Waals surface area contributed by atoms with Gasteiger partial charge in [0.15, 0.2) is 17.3 Å². The Balaban J connectivity index is 2.02. The van der Waals surface area contributed by atoms with Crippen LogP contribution in [-0.2, 0) is 6.42 Å². The number of hydrogen-bond donors (Lipinski definition) is 1. The summed E-state index contributed by atoms with van der Waals surface area (Å²) in [5, 5.41) is 18.6. The highest BCUT2D eigenvalue weighted by molar-refractivity contribution is 5.99. The van der Waals surface area contributed by atoms with Gasteiger partial charge in [-0.15, -0.1) is 0 Å². The molecule has 0 saturated carbocycles. The molecule has 0 bridgehead atoms. The second kappa shape index (κ2) is 7.34. The highest BCUT2D eigenvalue weighted by atomic mass is 19.1. The van der Waals surface area contributed by atoms with Crippen LogP contribution in [0.2, 0.25) is 0 Å². The number of nitrogens with zero attached hydrogens (tertiary/aromatic N) is 1. The molecule has 1 N–H and O–H groups in total. The van der Waals surface area contributed by atoms with E-state index >= 15 is 0 Å². The number of Topliss-reactive ketones (excluding diaryl/α,β-unsaturated/α-hetero) is 1. The molecule has 0 aromatic heterocycles. The summed E-state index contributed by atoms with van der Waals surface area (Å²) < 4.78 is 41.2. The number of ketones is 1. The molecule has 3 aromatic rings. The number of carbonyl (C=O) groups is 1. The first-order valence-corrected chi connectivity index (χ1v) is 7.89. The van der Waals surface area contributed by atoms with Gasteiger partial charge in [0, 0.05) is 17.5 Å². The number of halogens is 3. The van der Waals surface area contributed by atoms with Gasteiger partial charge in [0.25, 0.3) is 0 Å². The Bertz CT molecular complexity index is 1090. The molecule has 0 aliphatic heterocycles. The average molecular weight is 367 g/mol. The van der Waals surface area contributed by atoms with Crippen LogP contribution in [0.1, 0.15) is 21.5 Å². The van der Waals surface area contributed by atoms with Gasteiger partial charge in [0.2, 0.25) is 0 Å². The van der Waals surface area contributed by atoms with E-state index in [1.165, 1.54) is 36.4 Å². The van der Waals surface area contributed by atoms with Crippen LogP contribution in [0.4, 0.5) is 13.2 Å². The fourth-order valence-electron chi connectivity index (χ4n) is 2.70. The van der Waals surface area contributed by atoms with Gasteiger partial charge in [-0.1, -0.05) is 12.1 Å². The Hall–Kier alpha value is -3.59. The third-order valence-electron chi connectivity index (χ3n) is 4.05. The van der Waals surface area contributed by atoms with Gasteiger partial charge in [-0.05, 0) is 53.6 Å². The van der Waals surface area contributed by atoms with Gasteiger partial charge in [0.1, 0.15) is 11.6 Å². The van der Waals surface area contributed by atoms with Gasteiger partial charge < -0.3 is 5.11 Å². The summed E-state index contributed by atoms with van der Waals surface area (Å²) in [6, 6.07) is 13.5. The number of benzene rings is 3. The SMILES string of the molecule is N#Cc1cc(C(=O)Cc2c(F)ccc(O)c2F)cc(-c2cccc(F)c2)c1. The molecule has 134 valence electrons. The van der Waals surface area contributed by atoms with E-state index in [4.69, 9.17) is 0 Å². The second-order valence-corrected chi connectivity index (χ2v) is 5.88. The van der Waals surface area contributed by atoms with Gasteiger partial charge >= 0.3 is 0 Å². The zero-order chi connectivity index (χ0) is 19.6. The molecule has 0 unspecified atom stereocenters. The van der Waals surface area contributed by atoms with E-state index in [1.54, 1.807) is 6.07 Å². The predicted octanol–water partition coefficient (Wildman–Crippen LogP) is 4.77. The Morgan fingerprint density at radius 2 is 1.78 bits per heavy atom. The number of hydrogen-bond acceptors (Lipinski definition) is 3. The molecule has 0 atom stereocenters. The minimum Gasteiger partial charge on any atom is -0.505 e. The van der Waals surface area contributed by atoms with Crippen LogP contribution in [0.5, 0.6) is 5.75 Å². The predicted molar refractivity (Wildman–Crippen MR) is 92.6 cm³/mol. The molecule has 27 heavy (non-hydrogen) atoms. The first-order valence-electron chi connectivity index (χ1n) is 7.89. The van der Waals surface area contributed by atoms with Crippen LogP contribution in [-0.4, -0.2) is 10.9 Å². The standard InChI is InChI=1S/C21H12F3NO2/c22-16-3-1-2-13(9-16)14-6-12(11-25)7-15(8-14)20(27)10-17-18(23)4-5-19(26)21(17)24/h1-9,26H,10H2. The molecule has 0 saturated heterocycles. The van der Waals surface area contributed by atoms with Gasteiger partial charge in [-0.25, -0.2) is 13.2 Å². The van der Waals surface area contributed by atoms with Crippen molar-refractivity contribution in [2.45, 2.75) is 6.42 Å². The molecule has 0 fully saturated rings. The quantitative estimate of drug-likeness (QED) is 0.676. The van der Waals surface area contributed by atoms with Crippen molar-refractivity contribution < 1.29 is 23.1 Å². The van der Waals surface area contributed by atoms with E-state index in [0.29, 0.717) is 11.1 Å². The highest BCUT2D eigenvalue weighted by Gasteiger charge is 2.18. The van der Waals surface area contributed by atoms with Crippen LogP contribution in [0, 0.1) is 28.8 Å². The normalized spacial score (nSPS) is 10.4. The molecule has 0 heterocycles. The average Bonchev–Trinajstić information content (AvgIpc) is 2.67. The van der Waals surface area contributed by atoms with Crippen LogP contribution >= 0.6 is 0 Å². The van der Waals surface area contributed by atoms with E-state index in [9.17, 15) is 28.3 Å². The summed E-state index contributed by atoms with van der Waals surface area (Å²) >= 11 is 0. The minimum atomic E-state index is -1.20. The number of phenols is 1. The maximum Gasteiger partial charge on any atom is 0.171 e. The summed E-state index contributed by atoms with van der Waals surface area (Å²) in [6.07, 6.45) is -0.635. The van der Waals surface area contributed by atoms with E-state index in [1.807, 2.05) is 6.07 Å². The van der Waals surface area contributed by atoms with Crippen molar-refractivity contribution in [1.82, 2.24) is 0 Å². The van der Waals surface area contributed by atoms with Crippen molar-refractivity contribution in [1.29, 1.82) is 5.26 Å². The Labute approximate surface area is 152 Å². The zero-order valence-corrected chi connectivity index (χ0v) is 13.8. The molecular formula is C21H12F3NO2. The molecular weight excluding hydrogens is 355 g/mol. The number of phenolic OH excluding ortho intramolecular Hbond substituents is 1. The van der Waals surface area contributed by atoms with Crippen molar-refractivity contribution in [2.24, 2.45) is 0 Å². The maximum atomic E-state index is 13.9. The number of nitriles is 1. The first-order chi connectivity index (χ1) is 12.9. The summed E-state index contributed by atoms with van der Waals surface area (Å²) in [5.74, 6) is -4.05. The monoisotopic (exact) mass is 367 g/mol. The largest absolute Gasteiger partial charge is 0.505 e. The van der Waals surface area contributed by atoms with Crippen LogP contribution in [0.25, 0.3) is 11.1 Å². The number of aromatic hydroxyl groups is 1. The molecule has 0 aliphatic rings. The lowest BCUT2D eigenvalue weighted by Crippen LogP contribution is -2.08. The van der Waals surface area contributed by atoms with Gasteiger partial charge in [-0.3, -0.25) is 4.79 Å². The molecule has 0 radical (unpaired) electrons. The zero-order valence-electron chi connectivity index (χ0n) is 13.8. The molecule has 0 amide bonds. The van der Waals surface area contributed by atoms with Crippen LogP contribution in [0.3, 0.4) is 0 Å². The van der Waals surface area contributed by atoms with E-state index < -0.39 is 41.0 Å². The van der Waals surface area contributed by atoms with Crippen molar-refractivity contribution in [2.75, 3.05) is 0 Å². The Morgan fingerprint density at radius 1 is 1.00 bits per heavy atom. The summed E-state index contributed by atoms with van der Waals surface area (Å²) in [4.78, 5) is 12.6. The molecule has 3 aromatic carbocycles. The third-order valence-corrected chi connectivity index (χ3v) is 4.05. The Kier molecular flexibility index (Phi) is 4.95. The second-order valence-electron chi connectivity index (χ2n) is 5.88.